The molecule has 4 N–H and O–H groups in total. The molecule has 0 heterocycles. The number of hydrogen-bond acceptors (Lipinski definition) is 7. The zero-order chi connectivity index (χ0) is 34.4. The van der Waals surface area contributed by atoms with Crippen molar-refractivity contribution in [3.8, 4) is 0 Å². The minimum atomic E-state index is -0.954. The normalized spacial score (nSPS) is 24.7. The van der Waals surface area contributed by atoms with Crippen molar-refractivity contribution in [1.82, 2.24) is 25.6 Å². The maximum absolute atomic E-state index is 14.1. The Balaban J connectivity index is 2.30. The van der Waals surface area contributed by atoms with Crippen LogP contribution < -0.4 is 10.7 Å². The van der Waals surface area contributed by atoms with E-state index < -0.39 is 29.9 Å². The number of carbonyl (C=O) groups excluding carboxylic acids is 4. The van der Waals surface area contributed by atoms with Gasteiger partial charge in [0.1, 0.15) is 0 Å². The van der Waals surface area contributed by atoms with Crippen LogP contribution in [0.25, 0.3) is 0 Å². The summed E-state index contributed by atoms with van der Waals surface area (Å²) in [7, 11) is 3.42. The molecule has 0 spiro atoms. The van der Waals surface area contributed by atoms with Gasteiger partial charge in [-0.2, -0.15) is 0 Å². The number of unbranched alkanes of at least 4 members (excludes halogenated alkanes) is 1. The van der Waals surface area contributed by atoms with E-state index in [0.29, 0.717) is 58.2 Å². The molecule has 0 aromatic heterocycles. The predicted octanol–water partition coefficient (Wildman–Crippen LogP) is 3.33. The van der Waals surface area contributed by atoms with Crippen LogP contribution in [0.2, 0.25) is 0 Å². The van der Waals surface area contributed by atoms with E-state index in [1.54, 1.807) is 24.0 Å². The monoisotopic (exact) mass is 651 g/mol. The zero-order valence-electron chi connectivity index (χ0n) is 29.8. The molecule has 0 aliphatic heterocycles. The molecule has 11 heteroatoms. The minimum absolute atomic E-state index is 0.0163. The number of hydrogen-bond donors (Lipinski definition) is 4. The van der Waals surface area contributed by atoms with Crippen LogP contribution in [0.15, 0.2) is 0 Å². The number of hydrazine groups is 1. The Bertz CT molecular complexity index is 948. The highest BCUT2D eigenvalue weighted by Crippen LogP contribution is 2.36. The van der Waals surface area contributed by atoms with Crippen molar-refractivity contribution in [1.29, 1.82) is 0 Å². The molecule has 5 atom stereocenters. The average molecular weight is 652 g/mol. The quantitative estimate of drug-likeness (QED) is 0.167. The summed E-state index contributed by atoms with van der Waals surface area (Å²) in [5.74, 6) is -1.79. The third-order valence-corrected chi connectivity index (χ3v) is 9.69. The lowest BCUT2D eigenvalue weighted by Crippen LogP contribution is -2.55. The van der Waals surface area contributed by atoms with Crippen LogP contribution in [0.3, 0.4) is 0 Å². The smallest absolute Gasteiger partial charge is 0.236 e. The van der Waals surface area contributed by atoms with Gasteiger partial charge in [-0.25, -0.2) is 5.01 Å². The van der Waals surface area contributed by atoms with Crippen molar-refractivity contribution in [2.24, 2.45) is 29.6 Å². The molecule has 0 aromatic rings. The van der Waals surface area contributed by atoms with E-state index in [9.17, 15) is 29.4 Å². The van der Waals surface area contributed by atoms with Crippen molar-refractivity contribution in [3.05, 3.63) is 0 Å². The molecule has 2 rings (SSSR count). The molecule has 11 nitrogen and oxygen atoms in total. The highest BCUT2D eigenvalue weighted by molar-refractivity contribution is 5.86. The summed E-state index contributed by atoms with van der Waals surface area (Å²) < 4.78 is 0. The van der Waals surface area contributed by atoms with Crippen LogP contribution in [0.5, 0.6) is 0 Å². The Morgan fingerprint density at radius 2 is 1.37 bits per heavy atom. The first kappa shape index (κ1) is 39.9. The van der Waals surface area contributed by atoms with Gasteiger partial charge in [0, 0.05) is 63.9 Å². The van der Waals surface area contributed by atoms with E-state index in [-0.39, 0.29) is 48.1 Å². The van der Waals surface area contributed by atoms with Crippen LogP contribution in [0.1, 0.15) is 112 Å². The number of aliphatic hydroxyl groups excluding tert-OH is 2. The lowest BCUT2D eigenvalue weighted by molar-refractivity contribution is -0.143. The summed E-state index contributed by atoms with van der Waals surface area (Å²) in [6.45, 7) is 11.8. The lowest BCUT2D eigenvalue weighted by atomic mass is 9.73. The highest BCUT2D eigenvalue weighted by atomic mass is 16.3. The minimum Gasteiger partial charge on any atom is -0.393 e. The number of nitrogens with one attached hydrogen (secondary N) is 2. The molecule has 2 aliphatic rings. The van der Waals surface area contributed by atoms with Gasteiger partial charge in [0.15, 0.2) is 0 Å². The topological polar surface area (TPSA) is 143 Å². The van der Waals surface area contributed by atoms with E-state index >= 15 is 0 Å². The van der Waals surface area contributed by atoms with Gasteiger partial charge in [-0.1, -0.05) is 41.0 Å². The Labute approximate surface area is 278 Å². The Morgan fingerprint density at radius 3 is 1.89 bits per heavy atom. The largest absolute Gasteiger partial charge is 0.393 e. The first-order chi connectivity index (χ1) is 21.8. The number of nitrogens with zero attached hydrogens (tertiary/aromatic N) is 3. The van der Waals surface area contributed by atoms with Gasteiger partial charge in [-0.3, -0.25) is 24.6 Å². The summed E-state index contributed by atoms with van der Waals surface area (Å²) in [4.78, 5) is 56.9. The molecule has 4 amide bonds. The second-order valence-electron chi connectivity index (χ2n) is 14.4. The van der Waals surface area contributed by atoms with Gasteiger partial charge in [0.05, 0.1) is 18.2 Å². The average Bonchev–Trinajstić information content (AvgIpc) is 3.02. The Morgan fingerprint density at radius 1 is 0.804 bits per heavy atom. The fourth-order valence-corrected chi connectivity index (χ4v) is 6.96. The molecule has 46 heavy (non-hydrogen) atoms. The van der Waals surface area contributed by atoms with Crippen molar-refractivity contribution < 1.29 is 29.4 Å². The standard InChI is InChI=1S/C35H65N5O6/c1-8-11-18-40(37-32(43)24(4)5)23-31(42)30(19-25-12-14-29(41)15-13-25)36-33(44)26-20-27(34(45)38(6)7)22-28(21-26)35(46)39(16-9-2)17-10-3/h24-31,41-42H,8-23H2,1-7H3,(H,36,44)(H,37,43). The second kappa shape index (κ2) is 20.2. The van der Waals surface area contributed by atoms with Crippen molar-refractivity contribution in [3.63, 3.8) is 0 Å². The molecule has 0 saturated heterocycles. The maximum Gasteiger partial charge on any atom is 0.236 e. The molecule has 266 valence electrons. The molecular weight excluding hydrogens is 586 g/mol. The van der Waals surface area contributed by atoms with Crippen LogP contribution in [-0.2, 0) is 19.2 Å². The summed E-state index contributed by atoms with van der Waals surface area (Å²) in [6, 6.07) is -0.580. The van der Waals surface area contributed by atoms with E-state index in [2.05, 4.69) is 17.7 Å². The van der Waals surface area contributed by atoms with Gasteiger partial charge >= 0.3 is 0 Å². The van der Waals surface area contributed by atoms with Gasteiger partial charge in [-0.05, 0) is 76.5 Å². The first-order valence-electron chi connectivity index (χ1n) is 18.0. The summed E-state index contributed by atoms with van der Waals surface area (Å²) in [5, 5.41) is 26.6. The van der Waals surface area contributed by atoms with Gasteiger partial charge < -0.3 is 25.3 Å². The van der Waals surface area contributed by atoms with Crippen LogP contribution in [-0.4, -0.2) is 107 Å². The Kier molecular flexibility index (Phi) is 17.5. The second-order valence-corrected chi connectivity index (χ2v) is 14.4. The number of carbonyl (C=O) groups is 4. The number of rotatable bonds is 18. The Hall–Kier alpha value is -2.24. The third kappa shape index (κ3) is 12.8. The molecule has 2 fully saturated rings. The fourth-order valence-electron chi connectivity index (χ4n) is 6.96. The summed E-state index contributed by atoms with van der Waals surface area (Å²) in [6.07, 6.45) is 6.92. The SMILES string of the molecule is CCCCN(CC(O)C(CC1CCC(O)CC1)NC(=O)C1CC(C(=O)N(C)C)CC(C(=O)N(CCC)CCC)C1)NC(=O)C(C)C. The van der Waals surface area contributed by atoms with E-state index in [4.69, 9.17) is 0 Å². The third-order valence-electron chi connectivity index (χ3n) is 9.69. The van der Waals surface area contributed by atoms with Gasteiger partial charge in [0.25, 0.3) is 0 Å². The van der Waals surface area contributed by atoms with Crippen LogP contribution in [0.4, 0.5) is 0 Å². The van der Waals surface area contributed by atoms with Gasteiger partial charge in [-0.15, -0.1) is 0 Å². The van der Waals surface area contributed by atoms with E-state index in [1.807, 2.05) is 32.6 Å². The summed E-state index contributed by atoms with van der Waals surface area (Å²) >= 11 is 0. The lowest BCUT2D eigenvalue weighted by Gasteiger charge is -2.38. The molecule has 0 bridgehead atoms. The van der Waals surface area contributed by atoms with E-state index in [0.717, 1.165) is 38.5 Å². The van der Waals surface area contributed by atoms with Crippen LogP contribution >= 0.6 is 0 Å². The predicted molar refractivity (Wildman–Crippen MR) is 180 cm³/mol. The molecule has 0 aromatic carbocycles. The molecule has 5 unspecified atom stereocenters. The first-order valence-corrected chi connectivity index (χ1v) is 18.0. The van der Waals surface area contributed by atoms with Gasteiger partial charge in [0.2, 0.25) is 23.6 Å². The van der Waals surface area contributed by atoms with Crippen molar-refractivity contribution >= 4 is 23.6 Å². The zero-order valence-corrected chi connectivity index (χ0v) is 29.8. The summed E-state index contributed by atoms with van der Waals surface area (Å²) in [5.41, 5.74) is 2.95. The number of amides is 4. The fraction of sp³-hybridized carbons (Fsp3) is 0.886. The van der Waals surface area contributed by atoms with Crippen LogP contribution in [0, 0.1) is 29.6 Å². The van der Waals surface area contributed by atoms with Crippen molar-refractivity contribution in [2.45, 2.75) is 130 Å². The molecule has 2 aliphatic carbocycles. The maximum atomic E-state index is 14.1. The molecule has 2 saturated carbocycles. The van der Waals surface area contributed by atoms with Crippen molar-refractivity contribution in [2.75, 3.05) is 40.3 Å². The highest BCUT2D eigenvalue weighted by Gasteiger charge is 2.41. The number of aliphatic hydroxyl groups is 2. The molecular formula is C35H65N5O6. The molecule has 0 radical (unpaired) electrons. The van der Waals surface area contributed by atoms with E-state index in [1.165, 1.54) is 0 Å².